The normalized spacial score (nSPS) is 11.0. The Labute approximate surface area is 206 Å². The van der Waals surface area contributed by atoms with Crippen molar-refractivity contribution in [3.05, 3.63) is 91.1 Å². The van der Waals surface area contributed by atoms with Crippen LogP contribution in [0.2, 0.25) is 0 Å². The third-order valence-corrected chi connectivity index (χ3v) is 7.12. The summed E-state index contributed by atoms with van der Waals surface area (Å²) in [5.74, 6) is -0.0786. The first-order chi connectivity index (χ1) is 15.3. The lowest BCUT2D eigenvalue weighted by molar-refractivity contribution is -0.113. The molecule has 1 heterocycles. The molecule has 0 aliphatic heterocycles. The van der Waals surface area contributed by atoms with Gasteiger partial charge in [-0.1, -0.05) is 45.9 Å². The molecule has 0 fully saturated rings. The molecule has 0 unspecified atom stereocenters. The number of thioether (sulfide) groups is 1. The zero-order valence-electron chi connectivity index (χ0n) is 17.4. The van der Waals surface area contributed by atoms with E-state index in [9.17, 15) is 9.59 Å². The van der Waals surface area contributed by atoms with Crippen molar-refractivity contribution in [2.75, 3.05) is 11.1 Å². The summed E-state index contributed by atoms with van der Waals surface area (Å²) in [6, 6.07) is 18.7. The molecule has 0 saturated heterocycles. The number of halogens is 2. The molecule has 0 radical (unpaired) electrons. The minimum Gasteiger partial charge on any atom is -0.324 e. The molecule has 162 valence electrons. The number of hydrogen-bond acceptors (Lipinski definition) is 4. The van der Waals surface area contributed by atoms with Gasteiger partial charge < -0.3 is 5.32 Å². The minimum absolute atomic E-state index is 0.109. The molecule has 3 aromatic carbocycles. The summed E-state index contributed by atoms with van der Waals surface area (Å²) in [6.07, 6.45) is 0. The molecule has 1 N–H and O–H groups in total. The Morgan fingerprint density at radius 1 is 1.03 bits per heavy atom. The summed E-state index contributed by atoms with van der Waals surface area (Å²) in [4.78, 5) is 30.7. The van der Waals surface area contributed by atoms with Crippen molar-refractivity contribution in [1.29, 1.82) is 0 Å². The van der Waals surface area contributed by atoms with Crippen LogP contribution in [0.5, 0.6) is 0 Å². The Morgan fingerprint density at radius 3 is 2.56 bits per heavy atom. The maximum atomic E-state index is 13.4. The van der Waals surface area contributed by atoms with Crippen LogP contribution in [-0.2, 0) is 4.79 Å². The molecule has 5 nitrogen and oxygen atoms in total. The molecule has 0 atom stereocenters. The van der Waals surface area contributed by atoms with Gasteiger partial charge in [-0.3, -0.25) is 14.2 Å². The first-order valence-corrected chi connectivity index (χ1v) is 12.4. The smallest absolute Gasteiger partial charge is 0.266 e. The van der Waals surface area contributed by atoms with Crippen LogP contribution >= 0.6 is 43.6 Å². The second kappa shape index (κ2) is 9.60. The van der Waals surface area contributed by atoms with Crippen LogP contribution in [0, 0.1) is 13.8 Å². The van der Waals surface area contributed by atoms with Gasteiger partial charge in [-0.25, -0.2) is 4.98 Å². The third-order valence-electron chi connectivity index (χ3n) is 5.03. The highest BCUT2D eigenvalue weighted by molar-refractivity contribution is 9.11. The van der Waals surface area contributed by atoms with Crippen molar-refractivity contribution in [1.82, 2.24) is 9.55 Å². The lowest BCUT2D eigenvalue weighted by Crippen LogP contribution is -2.23. The number of carbonyl (C=O) groups is 1. The maximum Gasteiger partial charge on any atom is 0.266 e. The second-order valence-electron chi connectivity index (χ2n) is 7.28. The van der Waals surface area contributed by atoms with Crippen LogP contribution in [0.3, 0.4) is 0 Å². The molecule has 4 rings (SSSR count). The molecule has 0 bridgehead atoms. The zero-order chi connectivity index (χ0) is 22.8. The molecule has 4 aromatic rings. The average Bonchev–Trinajstić information content (AvgIpc) is 2.76. The number of nitrogens with one attached hydrogen (secondary N) is 1. The molecule has 8 heteroatoms. The molecule has 0 aliphatic carbocycles. The Bertz CT molecular complexity index is 1400. The highest BCUT2D eigenvalue weighted by Gasteiger charge is 2.16. The Balaban J connectivity index is 1.68. The fourth-order valence-electron chi connectivity index (χ4n) is 3.21. The van der Waals surface area contributed by atoms with Gasteiger partial charge in [0.25, 0.3) is 5.56 Å². The van der Waals surface area contributed by atoms with Crippen molar-refractivity contribution in [2.24, 2.45) is 0 Å². The van der Waals surface area contributed by atoms with Crippen molar-refractivity contribution in [3.63, 3.8) is 0 Å². The monoisotopic (exact) mass is 571 g/mol. The minimum atomic E-state index is -0.188. The summed E-state index contributed by atoms with van der Waals surface area (Å²) in [5.41, 5.74) is 4.08. The zero-order valence-corrected chi connectivity index (χ0v) is 21.3. The quantitative estimate of drug-likeness (QED) is 0.226. The van der Waals surface area contributed by atoms with E-state index < -0.39 is 0 Å². The summed E-state index contributed by atoms with van der Waals surface area (Å²) in [6.45, 7) is 4.04. The van der Waals surface area contributed by atoms with Gasteiger partial charge in [0.1, 0.15) is 0 Å². The fourth-order valence-corrected chi connectivity index (χ4v) is 5.17. The van der Waals surface area contributed by atoms with Gasteiger partial charge in [0.2, 0.25) is 5.91 Å². The number of benzene rings is 3. The van der Waals surface area contributed by atoms with Crippen LogP contribution in [0.15, 0.2) is 79.6 Å². The highest BCUT2D eigenvalue weighted by Crippen LogP contribution is 2.27. The van der Waals surface area contributed by atoms with Gasteiger partial charge in [-0.05, 0) is 83.4 Å². The summed E-state index contributed by atoms with van der Waals surface area (Å²) in [7, 11) is 0. The maximum absolute atomic E-state index is 13.4. The van der Waals surface area contributed by atoms with Crippen LogP contribution in [-0.4, -0.2) is 21.2 Å². The van der Waals surface area contributed by atoms with E-state index in [0.29, 0.717) is 21.7 Å². The lowest BCUT2D eigenvalue weighted by Gasteiger charge is -2.14. The summed E-state index contributed by atoms with van der Waals surface area (Å²) in [5, 5.41) is 3.91. The molecular weight excluding hydrogens is 554 g/mol. The number of aryl methyl sites for hydroxylation is 2. The molecule has 1 amide bonds. The highest BCUT2D eigenvalue weighted by atomic mass is 79.9. The van der Waals surface area contributed by atoms with Gasteiger partial charge in [0.05, 0.1) is 28.0 Å². The SMILES string of the molecule is Cc1ccc(-n2c(SCC(=O)Nc3ccc(Br)cc3Br)nc3ccccc3c2=O)cc1C. The van der Waals surface area contributed by atoms with Crippen molar-refractivity contribution in [3.8, 4) is 5.69 Å². The number of rotatable bonds is 5. The Hall–Kier alpha value is -2.42. The van der Waals surface area contributed by atoms with Gasteiger partial charge in [0, 0.05) is 8.95 Å². The predicted molar refractivity (Wildman–Crippen MR) is 138 cm³/mol. The molecular formula is C24H19Br2N3O2S. The molecule has 0 aliphatic rings. The topological polar surface area (TPSA) is 64.0 Å². The molecule has 1 aromatic heterocycles. The van der Waals surface area contributed by atoms with E-state index in [4.69, 9.17) is 4.98 Å². The van der Waals surface area contributed by atoms with Gasteiger partial charge in [-0.2, -0.15) is 0 Å². The Morgan fingerprint density at radius 2 is 1.81 bits per heavy atom. The number of fused-ring (bicyclic) bond motifs is 1. The first-order valence-electron chi connectivity index (χ1n) is 9.80. The van der Waals surface area contributed by atoms with Gasteiger partial charge in [0.15, 0.2) is 5.16 Å². The van der Waals surface area contributed by atoms with Gasteiger partial charge >= 0.3 is 0 Å². The number of carbonyl (C=O) groups excluding carboxylic acids is 1. The molecule has 0 saturated carbocycles. The van der Waals surface area contributed by atoms with Crippen LogP contribution in [0.4, 0.5) is 5.69 Å². The van der Waals surface area contributed by atoms with Crippen molar-refractivity contribution >= 4 is 66.1 Å². The van der Waals surface area contributed by atoms with E-state index in [1.54, 1.807) is 10.6 Å². The Kier molecular flexibility index (Phi) is 6.83. The number of amides is 1. The lowest BCUT2D eigenvalue weighted by atomic mass is 10.1. The number of para-hydroxylation sites is 1. The summed E-state index contributed by atoms with van der Waals surface area (Å²) >= 11 is 8.09. The standard InChI is InChI=1S/C24H19Br2N3O2S/c1-14-7-9-17(11-15(14)2)29-23(31)18-5-3-4-6-20(18)28-24(29)32-13-22(30)27-21-10-8-16(25)12-19(21)26/h3-12H,13H2,1-2H3,(H,27,30). The van der Waals surface area contributed by atoms with E-state index in [-0.39, 0.29) is 17.2 Å². The number of hydrogen-bond donors (Lipinski definition) is 1. The van der Waals surface area contributed by atoms with E-state index in [1.165, 1.54) is 11.8 Å². The average molecular weight is 573 g/mol. The van der Waals surface area contributed by atoms with Crippen LogP contribution in [0.25, 0.3) is 16.6 Å². The van der Waals surface area contributed by atoms with Crippen LogP contribution < -0.4 is 10.9 Å². The van der Waals surface area contributed by atoms with E-state index in [1.807, 2.05) is 68.4 Å². The number of nitrogens with zero attached hydrogens (tertiary/aromatic N) is 2. The third kappa shape index (κ3) is 4.82. The predicted octanol–water partition coefficient (Wildman–Crippen LogP) is 6.26. The van der Waals surface area contributed by atoms with Crippen molar-refractivity contribution < 1.29 is 4.79 Å². The largest absolute Gasteiger partial charge is 0.324 e. The van der Waals surface area contributed by atoms with E-state index in [0.717, 1.165) is 25.8 Å². The second-order valence-corrected chi connectivity index (χ2v) is 9.99. The van der Waals surface area contributed by atoms with Crippen molar-refractivity contribution in [2.45, 2.75) is 19.0 Å². The number of aromatic nitrogens is 2. The molecule has 32 heavy (non-hydrogen) atoms. The van der Waals surface area contributed by atoms with Crippen LogP contribution in [0.1, 0.15) is 11.1 Å². The van der Waals surface area contributed by atoms with E-state index in [2.05, 4.69) is 37.2 Å². The fraction of sp³-hybridized carbons (Fsp3) is 0.125. The first kappa shape index (κ1) is 22.8. The molecule has 0 spiro atoms. The number of anilines is 1. The summed E-state index contributed by atoms with van der Waals surface area (Å²) < 4.78 is 3.28. The van der Waals surface area contributed by atoms with E-state index >= 15 is 0 Å². The van der Waals surface area contributed by atoms with Gasteiger partial charge in [-0.15, -0.1) is 0 Å².